The molecule has 8 heteroatoms. The summed E-state index contributed by atoms with van der Waals surface area (Å²) in [5.74, 6) is -3.10. The normalized spacial score (nSPS) is 17.0. The van der Waals surface area contributed by atoms with Gasteiger partial charge in [0.1, 0.15) is 41.1 Å². The van der Waals surface area contributed by atoms with Crippen molar-refractivity contribution in [3.05, 3.63) is 154 Å². The molecule has 8 rings (SSSR count). The number of hydrogen-bond acceptors (Lipinski definition) is 6. The molecule has 0 radical (unpaired) electrons. The highest BCUT2D eigenvalue weighted by Gasteiger charge is 2.55. The van der Waals surface area contributed by atoms with E-state index in [9.17, 15) is 18.4 Å². The van der Waals surface area contributed by atoms with E-state index in [-0.39, 0.29) is 12.4 Å². The van der Waals surface area contributed by atoms with E-state index in [2.05, 4.69) is 0 Å². The molecule has 0 N–H and O–H groups in total. The molecule has 0 saturated heterocycles. The van der Waals surface area contributed by atoms with E-state index in [0.717, 1.165) is 40.1 Å². The van der Waals surface area contributed by atoms with Crippen molar-refractivity contribution in [2.75, 3.05) is 25.6 Å². The van der Waals surface area contributed by atoms with Crippen molar-refractivity contribution in [3.63, 3.8) is 0 Å². The summed E-state index contributed by atoms with van der Waals surface area (Å²) in [6, 6.07) is 30.0. The zero-order chi connectivity index (χ0) is 34.7. The molecule has 0 aromatic heterocycles. The highest BCUT2D eigenvalue weighted by molar-refractivity contribution is 5.92. The van der Waals surface area contributed by atoms with E-state index in [1.807, 2.05) is 91.8 Å². The molecular formula is C41H35F2NO5. The Morgan fingerprint density at radius 1 is 0.735 bits per heavy atom. The van der Waals surface area contributed by atoms with E-state index >= 15 is 0 Å². The second kappa shape index (κ2) is 11.9. The number of carbonyl (C=O) groups excluding carboxylic acids is 2. The number of halogens is 2. The number of benzene rings is 5. The Kier molecular flexibility index (Phi) is 7.77. The third-order valence-electron chi connectivity index (χ3n) is 9.34. The minimum atomic E-state index is -1.18. The maximum atomic E-state index is 14.8. The van der Waals surface area contributed by atoms with Crippen LogP contribution < -0.4 is 19.1 Å². The molecule has 0 amide bonds. The first-order valence-electron chi connectivity index (χ1n) is 16.1. The smallest absolute Gasteiger partial charge is 0.349 e. The first-order chi connectivity index (χ1) is 23.4. The molecule has 5 aromatic rings. The Hall–Kier alpha value is -5.50. The topological polar surface area (TPSA) is 65.1 Å². The SMILES string of the molecule is CN(C)c1ccc(OCC23c4ccccc4C(c4ccccc42)c2c(OC(=O)C(C)(C)C)ccc(OC(=O)c4c(F)cccc4F)c23)cc1. The van der Waals surface area contributed by atoms with Crippen LogP contribution in [0.4, 0.5) is 14.5 Å². The maximum Gasteiger partial charge on any atom is 0.349 e. The highest BCUT2D eigenvalue weighted by atomic mass is 19.1. The van der Waals surface area contributed by atoms with Crippen molar-refractivity contribution in [2.45, 2.75) is 32.1 Å². The van der Waals surface area contributed by atoms with Gasteiger partial charge in [0.15, 0.2) is 0 Å². The fourth-order valence-electron chi connectivity index (χ4n) is 7.01. The molecule has 0 saturated carbocycles. The zero-order valence-electron chi connectivity index (χ0n) is 27.8. The zero-order valence-corrected chi connectivity index (χ0v) is 27.8. The van der Waals surface area contributed by atoms with E-state index in [1.54, 1.807) is 26.8 Å². The first-order valence-corrected chi connectivity index (χ1v) is 16.1. The van der Waals surface area contributed by atoms with Gasteiger partial charge in [0.25, 0.3) is 0 Å². The van der Waals surface area contributed by atoms with Crippen LogP contribution in [0.1, 0.15) is 70.4 Å². The lowest BCUT2D eigenvalue weighted by Gasteiger charge is -2.50. The van der Waals surface area contributed by atoms with Gasteiger partial charge in [-0.25, -0.2) is 13.6 Å². The molecule has 0 atom stereocenters. The number of rotatable bonds is 7. The van der Waals surface area contributed by atoms with Crippen molar-refractivity contribution < 1.29 is 32.6 Å². The monoisotopic (exact) mass is 659 g/mol. The van der Waals surface area contributed by atoms with Gasteiger partial charge in [-0.1, -0.05) is 54.6 Å². The number of carbonyl (C=O) groups is 2. The van der Waals surface area contributed by atoms with E-state index in [0.29, 0.717) is 22.6 Å². The lowest BCUT2D eigenvalue weighted by atomic mass is 9.53. The van der Waals surface area contributed by atoms with Crippen molar-refractivity contribution in [1.29, 1.82) is 0 Å². The molecule has 0 fully saturated rings. The van der Waals surface area contributed by atoms with Gasteiger partial charge in [0.2, 0.25) is 0 Å². The molecule has 248 valence electrons. The summed E-state index contributed by atoms with van der Waals surface area (Å²) < 4.78 is 48.4. The summed E-state index contributed by atoms with van der Waals surface area (Å²) in [5.41, 5.74) is 3.26. The van der Waals surface area contributed by atoms with Crippen molar-refractivity contribution in [2.24, 2.45) is 5.41 Å². The summed E-state index contributed by atoms with van der Waals surface area (Å²) in [5, 5.41) is 0. The van der Waals surface area contributed by atoms with Crippen LogP contribution in [0.25, 0.3) is 0 Å². The van der Waals surface area contributed by atoms with Crippen LogP contribution >= 0.6 is 0 Å². The van der Waals surface area contributed by atoms with Gasteiger partial charge in [-0.15, -0.1) is 0 Å². The van der Waals surface area contributed by atoms with Crippen molar-refractivity contribution in [3.8, 4) is 17.2 Å². The second-order valence-electron chi connectivity index (χ2n) is 13.7. The lowest BCUT2D eigenvalue weighted by molar-refractivity contribution is -0.143. The first kappa shape index (κ1) is 32.1. The molecule has 3 aliphatic rings. The van der Waals surface area contributed by atoms with Gasteiger partial charge >= 0.3 is 11.9 Å². The van der Waals surface area contributed by atoms with Crippen LogP contribution in [-0.2, 0) is 10.2 Å². The summed E-state index contributed by atoms with van der Waals surface area (Å²) in [4.78, 5) is 29.0. The van der Waals surface area contributed by atoms with E-state index in [1.165, 1.54) is 12.1 Å². The van der Waals surface area contributed by atoms with Crippen LogP contribution in [0.2, 0.25) is 0 Å². The van der Waals surface area contributed by atoms with Gasteiger partial charge in [-0.3, -0.25) is 4.79 Å². The van der Waals surface area contributed by atoms with Gasteiger partial charge in [0, 0.05) is 36.8 Å². The molecule has 2 bridgehead atoms. The third-order valence-corrected chi connectivity index (χ3v) is 9.34. The standard InChI is InChI=1S/C41H35F2NO5/c1-40(2,3)39(46)49-32-21-22-33(48-38(45)35-30(42)15-10-16-31(35)43)37-36(32)34-26-11-6-8-13-28(26)41(37,29-14-9-7-12-27(29)34)23-47-25-19-17-24(18-20-25)44(4)5/h6-22,34H,23H2,1-5H3. The van der Waals surface area contributed by atoms with E-state index in [4.69, 9.17) is 14.2 Å². The minimum Gasteiger partial charge on any atom is -0.492 e. The summed E-state index contributed by atoms with van der Waals surface area (Å²) in [7, 11) is 3.92. The minimum absolute atomic E-state index is 0.0668. The summed E-state index contributed by atoms with van der Waals surface area (Å²) in [6.07, 6.45) is 0. The molecule has 0 aliphatic heterocycles. The fraction of sp³-hybridized carbons (Fsp3) is 0.220. The second-order valence-corrected chi connectivity index (χ2v) is 13.7. The molecule has 0 spiro atoms. The average molecular weight is 660 g/mol. The number of hydrogen-bond donors (Lipinski definition) is 0. The third kappa shape index (κ3) is 5.23. The molecular weight excluding hydrogens is 624 g/mol. The molecule has 49 heavy (non-hydrogen) atoms. The summed E-state index contributed by atoms with van der Waals surface area (Å²) in [6.45, 7) is 5.38. The van der Waals surface area contributed by atoms with Crippen LogP contribution in [0.15, 0.2) is 103 Å². The van der Waals surface area contributed by atoms with Gasteiger partial charge in [-0.2, -0.15) is 0 Å². The average Bonchev–Trinajstić information content (AvgIpc) is 3.08. The van der Waals surface area contributed by atoms with Crippen LogP contribution in [0.3, 0.4) is 0 Å². The molecule has 3 aliphatic carbocycles. The van der Waals surface area contributed by atoms with Gasteiger partial charge < -0.3 is 19.1 Å². The van der Waals surface area contributed by atoms with Crippen molar-refractivity contribution >= 4 is 17.6 Å². The molecule has 0 unspecified atom stereocenters. The Labute approximate surface area is 283 Å². The molecule has 5 aromatic carbocycles. The number of ether oxygens (including phenoxy) is 3. The summed E-state index contributed by atoms with van der Waals surface area (Å²) >= 11 is 0. The largest absolute Gasteiger partial charge is 0.492 e. The maximum absolute atomic E-state index is 14.8. The Bertz CT molecular complexity index is 2050. The van der Waals surface area contributed by atoms with Gasteiger partial charge in [-0.05, 0) is 91.6 Å². The van der Waals surface area contributed by atoms with Crippen LogP contribution in [0, 0.1) is 17.0 Å². The van der Waals surface area contributed by atoms with Crippen molar-refractivity contribution in [1.82, 2.24) is 0 Å². The predicted molar refractivity (Wildman–Crippen MR) is 183 cm³/mol. The highest BCUT2D eigenvalue weighted by Crippen LogP contribution is 2.63. The number of anilines is 1. The Balaban J connectivity index is 1.48. The molecule has 0 heterocycles. The Morgan fingerprint density at radius 3 is 1.88 bits per heavy atom. The van der Waals surface area contributed by atoms with Crippen LogP contribution in [-0.4, -0.2) is 32.6 Å². The predicted octanol–water partition coefficient (Wildman–Crippen LogP) is 8.42. The van der Waals surface area contributed by atoms with E-state index < -0.39 is 45.9 Å². The quantitative estimate of drug-likeness (QED) is 0.129. The fourth-order valence-corrected chi connectivity index (χ4v) is 7.01. The Morgan fingerprint density at radius 2 is 1.31 bits per heavy atom. The number of esters is 2. The molecule has 6 nitrogen and oxygen atoms in total. The number of nitrogens with zero attached hydrogens (tertiary/aromatic N) is 1. The van der Waals surface area contributed by atoms with Gasteiger partial charge in [0.05, 0.1) is 10.8 Å². The van der Waals surface area contributed by atoms with Crippen LogP contribution in [0.5, 0.6) is 17.2 Å². The lowest BCUT2D eigenvalue weighted by Crippen LogP contribution is -2.47.